The molecule has 24 heteroatoms. The molecule has 86 heavy (non-hydrogen) atoms. The lowest BCUT2D eigenvalue weighted by atomic mass is 10.00. The number of aliphatic imine (C=N–C) groups is 1. The highest BCUT2D eigenvalue weighted by molar-refractivity contribution is 5.98. The van der Waals surface area contributed by atoms with Crippen LogP contribution in [0.15, 0.2) is 102 Å². The van der Waals surface area contributed by atoms with Crippen molar-refractivity contribution in [2.24, 2.45) is 22.2 Å². The van der Waals surface area contributed by atoms with Crippen molar-refractivity contribution in [3.63, 3.8) is 0 Å². The van der Waals surface area contributed by atoms with Crippen LogP contribution in [0, 0.1) is 0 Å². The highest BCUT2D eigenvalue weighted by Gasteiger charge is 2.34. The molecule has 1 aliphatic heterocycles. The number of rotatable bonds is 25. The van der Waals surface area contributed by atoms with E-state index in [1.807, 2.05) is 64.1 Å². The number of amides is 9. The summed E-state index contributed by atoms with van der Waals surface area (Å²) >= 11 is 0. The first-order valence-corrected chi connectivity index (χ1v) is 29.6. The number of nitrogens with zero attached hydrogens (tertiary/aromatic N) is 1. The van der Waals surface area contributed by atoms with Crippen molar-refractivity contribution in [3.05, 3.63) is 114 Å². The minimum absolute atomic E-state index is 0.0514. The molecule has 17 N–H and O–H groups in total. The lowest BCUT2D eigenvalue weighted by molar-refractivity contribution is -0.135. The summed E-state index contributed by atoms with van der Waals surface area (Å²) in [5, 5.41) is 40.4. The molecule has 0 saturated carbocycles. The third-order valence-electron chi connectivity index (χ3n) is 14.4. The summed E-state index contributed by atoms with van der Waals surface area (Å²) in [6.45, 7) is 8.55. The van der Waals surface area contributed by atoms with Gasteiger partial charge in [-0.15, -0.1) is 0 Å². The van der Waals surface area contributed by atoms with Crippen molar-refractivity contribution < 1.29 is 48.3 Å². The van der Waals surface area contributed by atoms with Crippen LogP contribution in [0.4, 0.5) is 0 Å². The Labute approximate surface area is 502 Å². The molecule has 5 rings (SSSR count). The average Bonchev–Trinajstić information content (AvgIpc) is 3.67. The molecule has 1 aliphatic rings. The van der Waals surface area contributed by atoms with E-state index in [1.54, 1.807) is 48.5 Å². The molecule has 0 radical (unpaired) electrons. The number of primary amides is 1. The molecule has 4 unspecified atom stereocenters. The van der Waals surface area contributed by atoms with E-state index < -0.39 is 108 Å². The predicted octanol–water partition coefficient (Wildman–Crippen LogP) is 0.752. The number of hydrogen-bond acceptors (Lipinski definition) is 13. The lowest BCUT2D eigenvalue weighted by Crippen LogP contribution is -2.60. The largest absolute Gasteiger partial charge is 0.508 e. The minimum Gasteiger partial charge on any atom is -0.508 e. The predicted molar refractivity (Wildman–Crippen MR) is 328 cm³/mol. The first-order valence-electron chi connectivity index (χ1n) is 29.6. The number of carbonyl (C=O) groups excluding carboxylic acids is 9. The number of guanidine groups is 1. The molecule has 24 nitrogen and oxygen atoms in total. The Balaban J connectivity index is 1.58. The third kappa shape index (κ3) is 24.5. The van der Waals surface area contributed by atoms with E-state index in [4.69, 9.17) is 17.2 Å². The molecule has 4 aromatic rings. The van der Waals surface area contributed by atoms with Crippen LogP contribution in [-0.4, -0.2) is 145 Å². The van der Waals surface area contributed by atoms with Crippen molar-refractivity contribution in [2.45, 2.75) is 166 Å². The van der Waals surface area contributed by atoms with E-state index in [0.717, 1.165) is 10.8 Å². The van der Waals surface area contributed by atoms with E-state index in [0.29, 0.717) is 55.5 Å². The molecule has 0 aromatic heterocycles. The zero-order valence-corrected chi connectivity index (χ0v) is 49.8. The second-order valence-corrected chi connectivity index (χ2v) is 22.3. The molecular formula is C62H88N14O10. The molecule has 1 fully saturated rings. The van der Waals surface area contributed by atoms with Crippen LogP contribution in [0.2, 0.25) is 0 Å². The second-order valence-electron chi connectivity index (χ2n) is 22.3. The van der Waals surface area contributed by atoms with Gasteiger partial charge in [0.25, 0.3) is 0 Å². The van der Waals surface area contributed by atoms with Gasteiger partial charge in [0.15, 0.2) is 5.96 Å². The van der Waals surface area contributed by atoms with Crippen molar-refractivity contribution >= 4 is 69.9 Å². The number of nitrogens with two attached hydrogens (primary N) is 3. The monoisotopic (exact) mass is 1190 g/mol. The molecule has 1 saturated heterocycles. The van der Waals surface area contributed by atoms with Gasteiger partial charge < -0.3 is 75.5 Å². The third-order valence-corrected chi connectivity index (χ3v) is 14.4. The fraction of sp³-hybridized carbons (Fsp3) is 0.484. The number of hydrogen-bond donors (Lipinski definition) is 14. The number of benzene rings is 4. The van der Waals surface area contributed by atoms with Gasteiger partial charge in [-0.05, 0) is 110 Å². The van der Waals surface area contributed by atoms with Gasteiger partial charge in [-0.2, -0.15) is 0 Å². The van der Waals surface area contributed by atoms with Crippen LogP contribution < -0.4 is 70.4 Å². The van der Waals surface area contributed by atoms with Gasteiger partial charge in [-0.3, -0.25) is 48.1 Å². The number of fused-ring (bicyclic) bond motifs is 1. The summed E-state index contributed by atoms with van der Waals surface area (Å²) in [5.41, 5.74) is 18.8. The van der Waals surface area contributed by atoms with Crippen LogP contribution in [0.3, 0.4) is 0 Å². The van der Waals surface area contributed by atoms with E-state index in [2.05, 4.69) is 58.2 Å². The summed E-state index contributed by atoms with van der Waals surface area (Å²) in [5.74, 6) is -7.48. The van der Waals surface area contributed by atoms with E-state index in [-0.39, 0.29) is 81.7 Å². The van der Waals surface area contributed by atoms with Gasteiger partial charge in [0.2, 0.25) is 53.2 Å². The van der Waals surface area contributed by atoms with Crippen LogP contribution >= 0.6 is 0 Å². The van der Waals surface area contributed by atoms with Gasteiger partial charge in [-0.1, -0.05) is 113 Å². The first kappa shape index (κ1) is 68.1. The number of aromatic hydroxyl groups is 1. The molecule has 0 bridgehead atoms. The summed E-state index contributed by atoms with van der Waals surface area (Å²) in [6.07, 6.45) is 1.41. The van der Waals surface area contributed by atoms with Crippen molar-refractivity contribution in [2.75, 3.05) is 26.2 Å². The molecule has 0 aliphatic carbocycles. The van der Waals surface area contributed by atoms with Crippen LogP contribution in [-0.2, 0) is 62.4 Å². The summed E-state index contributed by atoms with van der Waals surface area (Å²) in [7, 11) is 0. The second kappa shape index (κ2) is 35.6. The van der Waals surface area contributed by atoms with Crippen molar-refractivity contribution in [1.82, 2.24) is 53.2 Å². The Kier molecular flexibility index (Phi) is 28.2. The number of nitrogens with one attached hydrogen (secondary N) is 10. The average molecular weight is 1190 g/mol. The SMILES string of the molecule is CC(C)NCCCCC(NC(=O)C1CCC(=O)NC(Cc2ccccc2)C(=O)NC(Cc2ccc(O)cc2)C(=O)N[C@@H](CCCCNC(C)C)C(=O)N[C@H](CCCN=C(N)N)C(=O)N[C@@H](Cc2ccc3ccccc3c2)C(=O)NCC(=O)N1)C(N)=O. The highest BCUT2D eigenvalue weighted by atomic mass is 16.3. The summed E-state index contributed by atoms with van der Waals surface area (Å²) in [4.78, 5) is 133. The maximum Gasteiger partial charge on any atom is 0.243 e. The first-order chi connectivity index (χ1) is 41.1. The Morgan fingerprint density at radius 3 is 1.67 bits per heavy atom. The van der Waals surface area contributed by atoms with E-state index in [1.165, 1.54) is 12.1 Å². The maximum absolute atomic E-state index is 14.9. The van der Waals surface area contributed by atoms with Crippen molar-refractivity contribution in [1.29, 1.82) is 0 Å². The fourth-order valence-corrected chi connectivity index (χ4v) is 9.71. The molecule has 1 heterocycles. The summed E-state index contributed by atoms with van der Waals surface area (Å²) in [6, 6.07) is 18.8. The van der Waals surface area contributed by atoms with E-state index >= 15 is 0 Å². The van der Waals surface area contributed by atoms with Gasteiger partial charge in [-0.25, -0.2) is 0 Å². The molecule has 7 atom stereocenters. The molecular weight excluding hydrogens is 1100 g/mol. The highest BCUT2D eigenvalue weighted by Crippen LogP contribution is 2.18. The number of unbranched alkanes of at least 4 members (excludes halogenated alkanes) is 2. The maximum atomic E-state index is 14.9. The number of phenols is 1. The van der Waals surface area contributed by atoms with Gasteiger partial charge in [0.1, 0.15) is 48.0 Å². The summed E-state index contributed by atoms with van der Waals surface area (Å²) < 4.78 is 0. The standard InChI is InChI=1S/C62H88N14O10/c1-38(2)66-30-12-10-19-46(55(63)80)72-59(84)49-28-29-53(78)71-51(34-40-15-6-5-7-16-40)60(85)76-52(35-41-23-26-45(77)27-24-41)61(86)74-47(20-11-13-31-67-39(3)4)57(82)73-48(21-14-32-68-62(64)65)58(83)75-50(56(81)69-37-54(79)70-49)36-42-22-25-43-17-8-9-18-44(43)33-42/h5-9,15-18,22-27,33,38-39,46-52,66-67,77H,10-14,19-21,28-32,34-37H2,1-4H3,(H2,63,80)(H,69,81)(H,70,79)(H,71,78)(H,72,84)(H,73,82)(H,74,86)(H,75,83)(H,76,85)(H4,64,65,68)/t46?,47-,48+,49?,50-,51?,52?/m0/s1. The Bertz CT molecular complexity index is 2920. The number of phenolic OH excluding ortho intramolecular Hbond substituents is 1. The van der Waals surface area contributed by atoms with Crippen LogP contribution in [0.25, 0.3) is 10.8 Å². The van der Waals surface area contributed by atoms with Gasteiger partial charge in [0.05, 0.1) is 6.54 Å². The van der Waals surface area contributed by atoms with Crippen molar-refractivity contribution in [3.8, 4) is 5.75 Å². The Morgan fingerprint density at radius 1 is 0.558 bits per heavy atom. The van der Waals surface area contributed by atoms with E-state index in [9.17, 15) is 48.3 Å². The topological polar surface area (TPSA) is 385 Å². The molecule has 466 valence electrons. The Morgan fingerprint density at radius 2 is 1.07 bits per heavy atom. The molecule has 9 amide bonds. The number of carbonyl (C=O) groups is 9. The lowest BCUT2D eigenvalue weighted by Gasteiger charge is -2.27. The zero-order valence-electron chi connectivity index (χ0n) is 49.8. The normalized spacial score (nSPS) is 20.1. The quantitative estimate of drug-likeness (QED) is 0.0248. The van der Waals surface area contributed by atoms with Gasteiger partial charge in [0, 0.05) is 44.3 Å². The smallest absolute Gasteiger partial charge is 0.243 e. The zero-order chi connectivity index (χ0) is 62.5. The fourth-order valence-electron chi connectivity index (χ4n) is 9.71. The minimum atomic E-state index is -1.49. The van der Waals surface area contributed by atoms with Crippen LogP contribution in [0.5, 0.6) is 5.75 Å². The molecule has 0 spiro atoms. The van der Waals surface area contributed by atoms with Crippen LogP contribution in [0.1, 0.15) is 109 Å². The Hall–Kier alpha value is -8.64. The molecule has 4 aromatic carbocycles. The van der Waals surface area contributed by atoms with Gasteiger partial charge >= 0.3 is 0 Å².